The molecule has 1 aromatic rings. The normalized spacial score (nSPS) is 20.0. The second-order valence-electron chi connectivity index (χ2n) is 5.44. The minimum Gasteiger partial charge on any atom is -0.497 e. The third kappa shape index (κ3) is 3.62. The summed E-state index contributed by atoms with van der Waals surface area (Å²) in [7, 11) is 2.87. The van der Waals surface area contributed by atoms with Gasteiger partial charge in [-0.25, -0.2) is 0 Å². The summed E-state index contributed by atoms with van der Waals surface area (Å²) in [5.41, 5.74) is -0.484. The predicted octanol–water partition coefficient (Wildman–Crippen LogP) is 1.31. The standard InChI is InChI=1S/C15H18N2O7/c1-23-10-3-4-13(17(21)22)12(7-10)15(20)16-8-11(24-2)5-9(16)6-14(18)19/h3-4,7,9,11H,5-6,8H2,1-2H3,(H,18,19). The Morgan fingerprint density at radius 3 is 2.67 bits per heavy atom. The van der Waals surface area contributed by atoms with Crippen molar-refractivity contribution in [3.8, 4) is 5.75 Å². The number of carboxylic acids is 1. The van der Waals surface area contributed by atoms with Gasteiger partial charge in [0.1, 0.15) is 11.3 Å². The lowest BCUT2D eigenvalue weighted by Crippen LogP contribution is -2.37. The summed E-state index contributed by atoms with van der Waals surface area (Å²) >= 11 is 0. The maximum Gasteiger partial charge on any atom is 0.305 e. The van der Waals surface area contributed by atoms with Crippen molar-refractivity contribution >= 4 is 17.6 Å². The zero-order valence-electron chi connectivity index (χ0n) is 13.3. The van der Waals surface area contributed by atoms with Gasteiger partial charge >= 0.3 is 5.97 Å². The van der Waals surface area contributed by atoms with Crippen molar-refractivity contribution in [2.75, 3.05) is 20.8 Å². The third-order valence-electron chi connectivity index (χ3n) is 4.01. The molecule has 1 fully saturated rings. The Morgan fingerprint density at radius 2 is 2.12 bits per heavy atom. The van der Waals surface area contributed by atoms with Crippen LogP contribution in [0.5, 0.6) is 5.75 Å². The zero-order chi connectivity index (χ0) is 17.9. The molecular weight excluding hydrogens is 320 g/mol. The first-order valence-electron chi connectivity index (χ1n) is 7.25. The van der Waals surface area contributed by atoms with Gasteiger partial charge < -0.3 is 19.5 Å². The molecule has 1 amide bonds. The van der Waals surface area contributed by atoms with Gasteiger partial charge in [0.2, 0.25) is 0 Å². The number of carbonyl (C=O) groups is 2. The summed E-state index contributed by atoms with van der Waals surface area (Å²) in [6.07, 6.45) is -0.182. The number of nitro groups is 1. The maximum atomic E-state index is 12.8. The number of nitrogens with zero attached hydrogens (tertiary/aromatic N) is 2. The molecule has 1 saturated heterocycles. The van der Waals surface area contributed by atoms with Crippen LogP contribution in [-0.4, -0.2) is 59.7 Å². The molecule has 1 N–H and O–H groups in total. The summed E-state index contributed by atoms with van der Waals surface area (Å²) < 4.78 is 10.2. The van der Waals surface area contributed by atoms with Gasteiger partial charge in [-0.1, -0.05) is 0 Å². The van der Waals surface area contributed by atoms with E-state index in [0.29, 0.717) is 12.2 Å². The highest BCUT2D eigenvalue weighted by atomic mass is 16.6. The molecule has 0 saturated carbocycles. The van der Waals surface area contributed by atoms with Crippen LogP contribution in [0.4, 0.5) is 5.69 Å². The van der Waals surface area contributed by atoms with Crippen LogP contribution in [0.3, 0.4) is 0 Å². The van der Waals surface area contributed by atoms with Crippen molar-refractivity contribution in [2.45, 2.75) is 25.0 Å². The van der Waals surface area contributed by atoms with E-state index in [1.165, 1.54) is 37.3 Å². The predicted molar refractivity (Wildman–Crippen MR) is 82.1 cm³/mol. The van der Waals surface area contributed by atoms with Gasteiger partial charge in [-0.2, -0.15) is 0 Å². The van der Waals surface area contributed by atoms with E-state index >= 15 is 0 Å². The molecule has 0 radical (unpaired) electrons. The topological polar surface area (TPSA) is 119 Å². The minimum absolute atomic E-state index is 0.133. The lowest BCUT2D eigenvalue weighted by molar-refractivity contribution is -0.385. The lowest BCUT2D eigenvalue weighted by atomic mass is 10.1. The highest BCUT2D eigenvalue weighted by molar-refractivity contribution is 5.99. The summed E-state index contributed by atoms with van der Waals surface area (Å²) in [5.74, 6) is -1.35. The van der Waals surface area contributed by atoms with E-state index < -0.39 is 22.8 Å². The van der Waals surface area contributed by atoms with Crippen LogP contribution in [0.25, 0.3) is 0 Å². The van der Waals surface area contributed by atoms with Gasteiger partial charge in [-0.15, -0.1) is 0 Å². The quantitative estimate of drug-likeness (QED) is 0.613. The minimum atomic E-state index is -1.05. The van der Waals surface area contributed by atoms with Crippen LogP contribution >= 0.6 is 0 Å². The molecule has 1 aliphatic rings. The molecular formula is C15H18N2O7. The van der Waals surface area contributed by atoms with Crippen LogP contribution in [0, 0.1) is 10.1 Å². The summed E-state index contributed by atoms with van der Waals surface area (Å²) in [6.45, 7) is 0.182. The Balaban J connectivity index is 2.38. The van der Waals surface area contributed by atoms with Gasteiger partial charge in [0.25, 0.3) is 11.6 Å². The molecule has 24 heavy (non-hydrogen) atoms. The van der Waals surface area contributed by atoms with Gasteiger partial charge in [-0.3, -0.25) is 19.7 Å². The molecule has 0 bridgehead atoms. The molecule has 130 valence electrons. The van der Waals surface area contributed by atoms with Crippen molar-refractivity contribution in [3.63, 3.8) is 0 Å². The van der Waals surface area contributed by atoms with Crippen molar-refractivity contribution in [1.82, 2.24) is 4.90 Å². The van der Waals surface area contributed by atoms with Gasteiger partial charge in [0.15, 0.2) is 0 Å². The number of benzene rings is 1. The fraction of sp³-hybridized carbons (Fsp3) is 0.467. The summed E-state index contributed by atoms with van der Waals surface area (Å²) in [4.78, 5) is 35.7. The molecule has 9 nitrogen and oxygen atoms in total. The van der Waals surface area contributed by atoms with Crippen molar-refractivity contribution in [2.24, 2.45) is 0 Å². The molecule has 0 aliphatic carbocycles. The molecule has 0 aromatic heterocycles. The molecule has 9 heteroatoms. The van der Waals surface area contributed by atoms with Crippen molar-refractivity contribution in [3.05, 3.63) is 33.9 Å². The van der Waals surface area contributed by atoms with Gasteiger partial charge in [-0.05, 0) is 18.6 Å². The number of ether oxygens (including phenoxy) is 2. The summed E-state index contributed by atoms with van der Waals surface area (Å²) in [6, 6.07) is 3.30. The van der Waals surface area contributed by atoms with Crippen LogP contribution < -0.4 is 4.74 Å². The van der Waals surface area contributed by atoms with E-state index in [1.54, 1.807) is 0 Å². The van der Waals surface area contributed by atoms with E-state index in [0.717, 1.165) is 0 Å². The number of hydrogen-bond acceptors (Lipinski definition) is 6. The highest BCUT2D eigenvalue weighted by Gasteiger charge is 2.38. The Kier molecular flexibility index (Phi) is 5.35. The Hall–Kier alpha value is -2.68. The van der Waals surface area contributed by atoms with E-state index in [9.17, 15) is 19.7 Å². The molecule has 2 unspecified atom stereocenters. The van der Waals surface area contributed by atoms with E-state index in [1.807, 2.05) is 0 Å². The van der Waals surface area contributed by atoms with E-state index in [-0.39, 0.29) is 30.3 Å². The second-order valence-corrected chi connectivity index (χ2v) is 5.44. The Bertz CT molecular complexity index is 661. The van der Waals surface area contributed by atoms with Crippen LogP contribution in [0.2, 0.25) is 0 Å². The number of nitro benzene ring substituents is 1. The SMILES string of the molecule is COc1ccc([N+](=O)[O-])c(C(=O)N2CC(OC)CC2CC(=O)O)c1. The fourth-order valence-corrected chi connectivity index (χ4v) is 2.82. The monoisotopic (exact) mass is 338 g/mol. The number of amides is 1. The first-order chi connectivity index (χ1) is 11.4. The lowest BCUT2D eigenvalue weighted by Gasteiger charge is -2.23. The number of likely N-dealkylation sites (tertiary alicyclic amines) is 1. The molecule has 1 aromatic carbocycles. The third-order valence-corrected chi connectivity index (χ3v) is 4.01. The molecule has 1 aliphatic heterocycles. The molecule has 2 rings (SSSR count). The first-order valence-corrected chi connectivity index (χ1v) is 7.25. The number of rotatable bonds is 6. The molecule has 0 spiro atoms. The van der Waals surface area contributed by atoms with Crippen LogP contribution in [0.15, 0.2) is 18.2 Å². The Morgan fingerprint density at radius 1 is 1.42 bits per heavy atom. The number of methoxy groups -OCH3 is 2. The van der Waals surface area contributed by atoms with E-state index in [4.69, 9.17) is 14.6 Å². The number of carbonyl (C=O) groups excluding carboxylic acids is 1. The van der Waals surface area contributed by atoms with Gasteiger partial charge in [0, 0.05) is 25.8 Å². The highest BCUT2D eigenvalue weighted by Crippen LogP contribution is 2.30. The number of hydrogen-bond donors (Lipinski definition) is 1. The van der Waals surface area contributed by atoms with Crippen molar-refractivity contribution < 1.29 is 29.1 Å². The smallest absolute Gasteiger partial charge is 0.305 e. The Labute approximate surface area is 137 Å². The average molecular weight is 338 g/mol. The maximum absolute atomic E-state index is 12.8. The average Bonchev–Trinajstić information content (AvgIpc) is 2.95. The second kappa shape index (κ2) is 7.26. The number of carboxylic acid groups (broad SMARTS) is 1. The fourth-order valence-electron chi connectivity index (χ4n) is 2.82. The van der Waals surface area contributed by atoms with Crippen molar-refractivity contribution in [1.29, 1.82) is 0 Å². The van der Waals surface area contributed by atoms with Crippen LogP contribution in [0.1, 0.15) is 23.2 Å². The number of aliphatic carboxylic acids is 1. The first kappa shape index (κ1) is 17.7. The molecule has 2 atom stereocenters. The summed E-state index contributed by atoms with van der Waals surface area (Å²) in [5, 5.41) is 20.2. The van der Waals surface area contributed by atoms with Gasteiger partial charge in [0.05, 0.1) is 24.6 Å². The largest absolute Gasteiger partial charge is 0.497 e. The van der Waals surface area contributed by atoms with E-state index in [2.05, 4.69) is 0 Å². The van der Waals surface area contributed by atoms with Crippen LogP contribution in [-0.2, 0) is 9.53 Å². The molecule has 1 heterocycles. The zero-order valence-corrected chi connectivity index (χ0v) is 13.3.